The van der Waals surface area contributed by atoms with E-state index in [1.54, 1.807) is 51.1 Å². The molecule has 38 heavy (non-hydrogen) atoms. The van der Waals surface area contributed by atoms with Crippen molar-refractivity contribution in [3.05, 3.63) is 115 Å². The van der Waals surface area contributed by atoms with Crippen LogP contribution in [0.5, 0.6) is 0 Å². The Morgan fingerprint density at radius 3 is 1.82 bits per heavy atom. The second-order valence-corrected chi connectivity index (χ2v) is 14.3. The van der Waals surface area contributed by atoms with Crippen molar-refractivity contribution in [2.24, 2.45) is 0 Å². The number of hydrogen-bond acceptors (Lipinski definition) is 3. The van der Waals surface area contributed by atoms with Gasteiger partial charge in [0.1, 0.15) is 0 Å². The summed E-state index contributed by atoms with van der Waals surface area (Å²) < 4.78 is 60.5. The summed E-state index contributed by atoms with van der Waals surface area (Å²) in [4.78, 5) is -3.27. The van der Waals surface area contributed by atoms with Crippen molar-refractivity contribution in [2.75, 3.05) is 0 Å². The first kappa shape index (κ1) is 30.4. The summed E-state index contributed by atoms with van der Waals surface area (Å²) >= 11 is -1.27. The summed E-state index contributed by atoms with van der Waals surface area (Å²) in [6, 6.07) is 25.8. The molecule has 0 aromatic heterocycles. The molecule has 0 saturated carbocycles. The van der Waals surface area contributed by atoms with Crippen molar-refractivity contribution >= 4 is 30.4 Å². The van der Waals surface area contributed by atoms with Crippen LogP contribution in [-0.4, -0.2) is 47.0 Å². The van der Waals surface area contributed by atoms with Gasteiger partial charge in [-0.05, 0) is 0 Å². The minimum absolute atomic E-state index is 0.0826. The van der Waals surface area contributed by atoms with E-state index in [9.17, 15) is 4.21 Å². The monoisotopic (exact) mass is 607 g/mol. The SMILES string of the molecule is C=C[C@@H](OCc1ccccc1)[C@H](OCc1ccccc1)[C@H](NS(=O)C(C)(C)C)C(F)(F)[Se]c1ccccc1. The van der Waals surface area contributed by atoms with Crippen LogP contribution in [0, 0.1) is 0 Å². The van der Waals surface area contributed by atoms with Crippen LogP contribution >= 0.6 is 0 Å². The Bertz CT molecular complexity index is 1140. The van der Waals surface area contributed by atoms with Crippen molar-refractivity contribution in [3.63, 3.8) is 0 Å². The molecule has 3 rings (SSSR count). The molecule has 8 heteroatoms. The van der Waals surface area contributed by atoms with Crippen molar-refractivity contribution < 1.29 is 22.5 Å². The Labute approximate surface area is 233 Å². The van der Waals surface area contributed by atoms with Crippen LogP contribution in [0.3, 0.4) is 0 Å². The molecule has 0 amide bonds. The van der Waals surface area contributed by atoms with Crippen LogP contribution in [-0.2, 0) is 33.7 Å². The van der Waals surface area contributed by atoms with Crippen LogP contribution in [0.15, 0.2) is 104 Å². The van der Waals surface area contributed by atoms with E-state index in [0.29, 0.717) is 4.46 Å². The molecule has 0 spiro atoms. The number of ether oxygens (including phenoxy) is 2. The molecule has 0 fully saturated rings. The van der Waals surface area contributed by atoms with Crippen molar-refractivity contribution in [1.82, 2.24) is 4.72 Å². The molecule has 3 aromatic rings. The molecule has 4 nitrogen and oxygen atoms in total. The molecular formula is C30H35F2NO3SSe. The first-order chi connectivity index (χ1) is 18.1. The van der Waals surface area contributed by atoms with Crippen LogP contribution in [0.25, 0.3) is 0 Å². The molecule has 1 N–H and O–H groups in total. The number of halogens is 2. The molecule has 0 radical (unpaired) electrons. The molecule has 4 atom stereocenters. The molecule has 3 aromatic carbocycles. The number of rotatable bonds is 14. The Kier molecular flexibility index (Phi) is 11.4. The maximum absolute atomic E-state index is 16.2. The van der Waals surface area contributed by atoms with Crippen molar-refractivity contribution in [3.8, 4) is 0 Å². The Morgan fingerprint density at radius 2 is 1.34 bits per heavy atom. The summed E-state index contributed by atoms with van der Waals surface area (Å²) in [5, 5.41) is 0. The van der Waals surface area contributed by atoms with E-state index >= 15 is 8.78 Å². The summed E-state index contributed by atoms with van der Waals surface area (Å²) in [7, 11) is -1.79. The van der Waals surface area contributed by atoms with E-state index in [-0.39, 0.29) is 13.2 Å². The summed E-state index contributed by atoms with van der Waals surface area (Å²) in [5.74, 6) is 0. The molecule has 204 valence electrons. The van der Waals surface area contributed by atoms with E-state index in [1.807, 2.05) is 60.7 Å². The molecule has 0 bridgehead atoms. The van der Waals surface area contributed by atoms with E-state index < -0.39 is 53.8 Å². The fourth-order valence-corrected chi connectivity index (χ4v) is 6.52. The standard InChI is InChI=1S/C30H35F2NO3SSe/c1-5-26(35-21-23-15-9-6-10-16-23)27(36-22-24-17-11-7-12-18-24)28(33-37(34)29(2,3)4)30(31,32)38-25-19-13-8-14-20-25/h5-20,26-28,33H,1,21-22H2,2-4H3/t26-,27+,28+,37?/m1/s1. The quantitative estimate of drug-likeness (QED) is 0.198. The summed E-state index contributed by atoms with van der Waals surface area (Å²) in [5.41, 5.74) is 1.72. The van der Waals surface area contributed by atoms with E-state index in [4.69, 9.17) is 9.47 Å². The topological polar surface area (TPSA) is 47.6 Å². The Hall–Kier alpha value is -2.19. The molecule has 0 aliphatic rings. The average Bonchev–Trinajstić information content (AvgIpc) is 2.90. The zero-order chi connectivity index (χ0) is 27.6. The molecule has 0 aliphatic heterocycles. The molecule has 1 unspecified atom stereocenters. The van der Waals surface area contributed by atoms with E-state index in [0.717, 1.165) is 11.1 Å². The van der Waals surface area contributed by atoms with Crippen LogP contribution < -0.4 is 9.18 Å². The number of nitrogens with one attached hydrogen (secondary N) is 1. The van der Waals surface area contributed by atoms with Crippen LogP contribution in [0.1, 0.15) is 31.9 Å². The first-order valence-electron chi connectivity index (χ1n) is 12.3. The normalized spacial score (nSPS) is 15.4. The molecule has 0 heterocycles. The zero-order valence-corrected chi connectivity index (χ0v) is 24.4. The van der Waals surface area contributed by atoms with Crippen LogP contribution in [0.4, 0.5) is 8.78 Å². The Balaban J connectivity index is 1.97. The third kappa shape index (κ3) is 9.23. The minimum atomic E-state index is -3.27. The summed E-state index contributed by atoms with van der Waals surface area (Å²) in [6.45, 7) is 9.37. The number of alkyl halides is 2. The van der Waals surface area contributed by atoms with Crippen LogP contribution in [0.2, 0.25) is 0 Å². The van der Waals surface area contributed by atoms with Gasteiger partial charge in [0.25, 0.3) is 0 Å². The fraction of sp³-hybridized carbons (Fsp3) is 0.333. The van der Waals surface area contributed by atoms with E-state index in [2.05, 4.69) is 11.3 Å². The fourth-order valence-electron chi connectivity index (χ4n) is 3.54. The Morgan fingerprint density at radius 1 is 0.868 bits per heavy atom. The zero-order valence-electron chi connectivity index (χ0n) is 21.9. The third-order valence-electron chi connectivity index (χ3n) is 5.60. The molecular weight excluding hydrogens is 571 g/mol. The van der Waals surface area contributed by atoms with Gasteiger partial charge in [-0.25, -0.2) is 0 Å². The van der Waals surface area contributed by atoms with Gasteiger partial charge in [0.2, 0.25) is 0 Å². The predicted molar refractivity (Wildman–Crippen MR) is 152 cm³/mol. The van der Waals surface area contributed by atoms with Gasteiger partial charge in [-0.15, -0.1) is 0 Å². The average molecular weight is 607 g/mol. The first-order valence-corrected chi connectivity index (χ1v) is 15.2. The third-order valence-corrected chi connectivity index (χ3v) is 9.35. The number of hydrogen-bond donors (Lipinski definition) is 1. The number of benzene rings is 3. The molecule has 0 saturated heterocycles. The van der Waals surface area contributed by atoms with Gasteiger partial charge in [-0.3, -0.25) is 0 Å². The predicted octanol–water partition coefficient (Wildman–Crippen LogP) is 5.39. The van der Waals surface area contributed by atoms with Gasteiger partial charge in [-0.1, -0.05) is 0 Å². The second-order valence-electron chi connectivity index (χ2n) is 9.71. The van der Waals surface area contributed by atoms with Gasteiger partial charge < -0.3 is 0 Å². The van der Waals surface area contributed by atoms with Gasteiger partial charge in [-0.2, -0.15) is 0 Å². The second kappa shape index (κ2) is 14.3. The molecule has 0 aliphatic carbocycles. The van der Waals surface area contributed by atoms with Crippen molar-refractivity contribution in [2.45, 2.75) is 61.8 Å². The van der Waals surface area contributed by atoms with Gasteiger partial charge in [0.15, 0.2) is 0 Å². The maximum atomic E-state index is 16.2. The van der Waals surface area contributed by atoms with Crippen molar-refractivity contribution in [1.29, 1.82) is 0 Å². The van der Waals surface area contributed by atoms with Gasteiger partial charge >= 0.3 is 234 Å². The summed E-state index contributed by atoms with van der Waals surface area (Å²) in [6.07, 6.45) is -0.590. The van der Waals surface area contributed by atoms with Gasteiger partial charge in [0, 0.05) is 0 Å². The van der Waals surface area contributed by atoms with Gasteiger partial charge in [0.05, 0.1) is 0 Å². The van der Waals surface area contributed by atoms with E-state index in [1.165, 1.54) is 6.08 Å².